The first-order valence-electron chi connectivity index (χ1n) is 7.34. The lowest BCUT2D eigenvalue weighted by atomic mass is 10.0. The second kappa shape index (κ2) is 6.75. The van der Waals surface area contributed by atoms with Gasteiger partial charge in [-0.1, -0.05) is 0 Å². The zero-order chi connectivity index (χ0) is 14.5. The summed E-state index contributed by atoms with van der Waals surface area (Å²) in [5.74, 6) is 1.92. The van der Waals surface area contributed by atoms with Crippen molar-refractivity contribution in [1.82, 2.24) is 0 Å². The zero-order valence-electron chi connectivity index (χ0n) is 12.2. The van der Waals surface area contributed by atoms with Crippen molar-refractivity contribution >= 4 is 5.78 Å². The number of ether oxygens (including phenoxy) is 2. The van der Waals surface area contributed by atoms with Crippen LogP contribution < -0.4 is 15.2 Å². The highest BCUT2D eigenvalue weighted by atomic mass is 16.5. The predicted molar refractivity (Wildman–Crippen MR) is 78.4 cm³/mol. The summed E-state index contributed by atoms with van der Waals surface area (Å²) in [7, 11) is 0. The van der Waals surface area contributed by atoms with Gasteiger partial charge < -0.3 is 15.2 Å². The maximum atomic E-state index is 12.2. The third-order valence-corrected chi connectivity index (χ3v) is 3.51. The number of ketones is 1. The summed E-state index contributed by atoms with van der Waals surface area (Å²) in [6.45, 7) is 4.94. The van der Waals surface area contributed by atoms with Gasteiger partial charge >= 0.3 is 0 Å². The van der Waals surface area contributed by atoms with E-state index in [4.69, 9.17) is 15.2 Å². The van der Waals surface area contributed by atoms with Crippen LogP contribution >= 0.6 is 0 Å². The van der Waals surface area contributed by atoms with Crippen molar-refractivity contribution in [1.29, 1.82) is 0 Å². The highest BCUT2D eigenvalue weighted by molar-refractivity contribution is 5.97. The maximum Gasteiger partial charge on any atom is 0.164 e. The molecule has 0 bridgehead atoms. The van der Waals surface area contributed by atoms with Crippen molar-refractivity contribution in [2.24, 2.45) is 11.7 Å². The molecule has 0 radical (unpaired) electrons. The fourth-order valence-electron chi connectivity index (χ4n) is 2.25. The summed E-state index contributed by atoms with van der Waals surface area (Å²) < 4.78 is 11.0. The van der Waals surface area contributed by atoms with Crippen LogP contribution in [0, 0.1) is 5.92 Å². The van der Waals surface area contributed by atoms with Gasteiger partial charge in [0.2, 0.25) is 0 Å². The second-order valence-electron chi connectivity index (χ2n) is 5.16. The molecule has 2 N–H and O–H groups in total. The standard InChI is InChI=1S/C16H23NO3/c1-3-19-15-8-7-12(9-16(15)20-4-2)14(18)10-13(17)11-5-6-11/h7-9,11,13H,3-6,10,17H2,1-2H3. The van der Waals surface area contributed by atoms with Crippen LogP contribution in [0.3, 0.4) is 0 Å². The molecule has 0 aliphatic heterocycles. The molecule has 0 aromatic heterocycles. The summed E-state index contributed by atoms with van der Waals surface area (Å²) in [5, 5.41) is 0. The fraction of sp³-hybridized carbons (Fsp3) is 0.562. The number of Topliss-reactive ketones (excluding diaryl/α,β-unsaturated/α-hetero) is 1. The van der Waals surface area contributed by atoms with Gasteiger partial charge in [-0.05, 0) is 50.8 Å². The fourth-order valence-corrected chi connectivity index (χ4v) is 2.25. The first-order chi connectivity index (χ1) is 9.65. The average Bonchev–Trinajstić information content (AvgIpc) is 3.25. The SMILES string of the molecule is CCOc1ccc(C(=O)CC(N)C2CC2)cc1OCC. The van der Waals surface area contributed by atoms with E-state index in [0.717, 1.165) is 12.8 Å². The Morgan fingerprint density at radius 3 is 2.50 bits per heavy atom. The number of hydrogen-bond acceptors (Lipinski definition) is 4. The quantitative estimate of drug-likeness (QED) is 0.742. The van der Waals surface area contributed by atoms with Gasteiger partial charge in [-0.2, -0.15) is 0 Å². The minimum Gasteiger partial charge on any atom is -0.490 e. The molecule has 1 aliphatic carbocycles. The molecular formula is C16H23NO3. The Kier molecular flexibility index (Phi) is 5.01. The smallest absolute Gasteiger partial charge is 0.164 e. The van der Waals surface area contributed by atoms with E-state index < -0.39 is 0 Å². The lowest BCUT2D eigenvalue weighted by Crippen LogP contribution is -2.25. The van der Waals surface area contributed by atoms with Crippen LogP contribution in [0.25, 0.3) is 0 Å². The Morgan fingerprint density at radius 1 is 1.25 bits per heavy atom. The maximum absolute atomic E-state index is 12.2. The van der Waals surface area contributed by atoms with E-state index in [1.165, 1.54) is 0 Å². The first-order valence-corrected chi connectivity index (χ1v) is 7.34. The first kappa shape index (κ1) is 14.9. The van der Waals surface area contributed by atoms with Crippen molar-refractivity contribution in [2.45, 2.75) is 39.2 Å². The normalized spacial score (nSPS) is 15.8. The molecule has 1 atom stereocenters. The van der Waals surface area contributed by atoms with Crippen LogP contribution in [-0.2, 0) is 0 Å². The molecule has 0 spiro atoms. The second-order valence-corrected chi connectivity index (χ2v) is 5.16. The molecule has 1 fully saturated rings. The van der Waals surface area contributed by atoms with Crippen molar-refractivity contribution in [3.8, 4) is 11.5 Å². The Hall–Kier alpha value is -1.55. The number of hydrogen-bond donors (Lipinski definition) is 1. The largest absolute Gasteiger partial charge is 0.490 e. The van der Waals surface area contributed by atoms with Crippen LogP contribution in [0.15, 0.2) is 18.2 Å². The van der Waals surface area contributed by atoms with Gasteiger partial charge in [-0.15, -0.1) is 0 Å². The molecule has 110 valence electrons. The van der Waals surface area contributed by atoms with E-state index in [1.807, 2.05) is 13.8 Å². The van der Waals surface area contributed by atoms with Crippen LogP contribution in [0.2, 0.25) is 0 Å². The van der Waals surface area contributed by atoms with Gasteiger partial charge in [0.1, 0.15) is 0 Å². The topological polar surface area (TPSA) is 61.5 Å². The lowest BCUT2D eigenvalue weighted by Gasteiger charge is -2.13. The van der Waals surface area contributed by atoms with E-state index >= 15 is 0 Å². The van der Waals surface area contributed by atoms with E-state index in [1.54, 1.807) is 18.2 Å². The summed E-state index contributed by atoms with van der Waals surface area (Å²) in [5.41, 5.74) is 6.66. The Balaban J connectivity index is 2.09. The summed E-state index contributed by atoms with van der Waals surface area (Å²) >= 11 is 0. The number of carbonyl (C=O) groups is 1. The molecule has 2 rings (SSSR count). The van der Waals surface area contributed by atoms with Gasteiger partial charge in [-0.3, -0.25) is 4.79 Å². The Bertz CT molecular complexity index is 469. The molecule has 1 unspecified atom stereocenters. The lowest BCUT2D eigenvalue weighted by molar-refractivity contribution is 0.0971. The average molecular weight is 277 g/mol. The molecule has 0 saturated heterocycles. The highest BCUT2D eigenvalue weighted by Gasteiger charge is 2.30. The van der Waals surface area contributed by atoms with Gasteiger partial charge in [-0.25, -0.2) is 0 Å². The van der Waals surface area contributed by atoms with E-state index in [9.17, 15) is 4.79 Å². The molecular weight excluding hydrogens is 254 g/mol. The van der Waals surface area contributed by atoms with Crippen LogP contribution in [0.1, 0.15) is 43.5 Å². The van der Waals surface area contributed by atoms with Gasteiger partial charge in [0.05, 0.1) is 13.2 Å². The minimum atomic E-state index is -0.00962. The van der Waals surface area contributed by atoms with E-state index in [0.29, 0.717) is 42.6 Å². The zero-order valence-corrected chi connectivity index (χ0v) is 12.2. The molecule has 0 amide bonds. The van der Waals surface area contributed by atoms with Gasteiger partial charge in [0.25, 0.3) is 0 Å². The van der Waals surface area contributed by atoms with Crippen molar-refractivity contribution in [3.63, 3.8) is 0 Å². The highest BCUT2D eigenvalue weighted by Crippen LogP contribution is 2.34. The van der Waals surface area contributed by atoms with Gasteiger partial charge in [0, 0.05) is 18.0 Å². The summed E-state index contributed by atoms with van der Waals surface area (Å²) in [6.07, 6.45) is 2.72. The van der Waals surface area contributed by atoms with Crippen LogP contribution in [0.5, 0.6) is 11.5 Å². The van der Waals surface area contributed by atoms with E-state index in [-0.39, 0.29) is 11.8 Å². The molecule has 1 aromatic rings. The van der Waals surface area contributed by atoms with Crippen molar-refractivity contribution in [2.75, 3.05) is 13.2 Å². The van der Waals surface area contributed by atoms with Crippen molar-refractivity contribution in [3.05, 3.63) is 23.8 Å². The molecule has 4 heteroatoms. The molecule has 1 saturated carbocycles. The van der Waals surface area contributed by atoms with Crippen LogP contribution in [0.4, 0.5) is 0 Å². The Labute approximate surface area is 120 Å². The predicted octanol–water partition coefficient (Wildman–Crippen LogP) is 2.79. The molecule has 1 aliphatic rings. The molecule has 0 heterocycles. The number of nitrogens with two attached hydrogens (primary N) is 1. The number of rotatable bonds is 8. The molecule has 20 heavy (non-hydrogen) atoms. The Morgan fingerprint density at radius 2 is 1.90 bits per heavy atom. The third-order valence-electron chi connectivity index (χ3n) is 3.51. The molecule has 1 aromatic carbocycles. The molecule has 4 nitrogen and oxygen atoms in total. The summed E-state index contributed by atoms with van der Waals surface area (Å²) in [6, 6.07) is 5.33. The number of benzene rings is 1. The monoisotopic (exact) mass is 277 g/mol. The third kappa shape index (κ3) is 3.73. The minimum absolute atomic E-state index is 0.00962. The van der Waals surface area contributed by atoms with E-state index in [2.05, 4.69) is 0 Å². The summed E-state index contributed by atoms with van der Waals surface area (Å²) in [4.78, 5) is 12.2. The van der Waals surface area contributed by atoms with Crippen LogP contribution in [-0.4, -0.2) is 25.0 Å². The van der Waals surface area contributed by atoms with Gasteiger partial charge in [0.15, 0.2) is 17.3 Å². The van der Waals surface area contributed by atoms with Crippen molar-refractivity contribution < 1.29 is 14.3 Å². The number of carbonyl (C=O) groups excluding carboxylic acids is 1.